The number of carbonyl (C=O) groups excluding carboxylic acids is 1. The summed E-state index contributed by atoms with van der Waals surface area (Å²) in [5, 5.41) is 2.06. The summed E-state index contributed by atoms with van der Waals surface area (Å²) in [5.74, 6) is -0.0933. The molecule has 0 saturated heterocycles. The van der Waals surface area contributed by atoms with Gasteiger partial charge in [0.1, 0.15) is 0 Å². The molecule has 0 bridgehead atoms. The minimum atomic E-state index is -0.124. The summed E-state index contributed by atoms with van der Waals surface area (Å²) < 4.78 is 2.40. The Morgan fingerprint density at radius 2 is 1.85 bits per heavy atom. The zero-order chi connectivity index (χ0) is 19.1. The van der Waals surface area contributed by atoms with E-state index in [2.05, 4.69) is 0 Å². The molecule has 0 saturated carbocycles. The number of hydrogen-bond donors (Lipinski definition) is 0. The zero-order valence-electron chi connectivity index (χ0n) is 14.9. The smallest absolute Gasteiger partial charge is 0.264 e. The van der Waals surface area contributed by atoms with E-state index in [9.17, 15) is 9.59 Å². The second kappa shape index (κ2) is 6.83. The van der Waals surface area contributed by atoms with E-state index >= 15 is 0 Å². The highest BCUT2D eigenvalue weighted by Gasteiger charge is 2.19. The van der Waals surface area contributed by atoms with Crippen molar-refractivity contribution >= 4 is 49.8 Å². The Labute approximate surface area is 165 Å². The van der Waals surface area contributed by atoms with Crippen LogP contribution in [0.4, 0.5) is 0 Å². The molecule has 0 aliphatic heterocycles. The first-order valence-electron chi connectivity index (χ1n) is 8.47. The van der Waals surface area contributed by atoms with E-state index in [1.54, 1.807) is 41.8 Å². The number of aromatic nitrogens is 1. The lowest BCUT2D eigenvalue weighted by Crippen LogP contribution is -2.25. The fourth-order valence-corrected chi connectivity index (χ4v) is 4.58. The molecule has 136 valence electrons. The number of thiophene rings is 1. The number of benzene rings is 2. The Balaban J connectivity index is 1.79. The van der Waals surface area contributed by atoms with Crippen molar-refractivity contribution in [3.8, 4) is 0 Å². The predicted octanol–water partition coefficient (Wildman–Crippen LogP) is 4.68. The van der Waals surface area contributed by atoms with Crippen LogP contribution in [0, 0.1) is 0 Å². The summed E-state index contributed by atoms with van der Waals surface area (Å²) >= 11 is 7.45. The summed E-state index contributed by atoms with van der Waals surface area (Å²) in [7, 11) is 3.50. The van der Waals surface area contributed by atoms with Gasteiger partial charge >= 0.3 is 0 Å². The van der Waals surface area contributed by atoms with Gasteiger partial charge in [-0.1, -0.05) is 41.9 Å². The number of carbonyl (C=O) groups is 1. The van der Waals surface area contributed by atoms with Crippen LogP contribution in [0.1, 0.15) is 15.2 Å². The number of hydrogen-bond acceptors (Lipinski definition) is 3. The highest BCUT2D eigenvalue weighted by molar-refractivity contribution is 7.21. The molecule has 2 aromatic heterocycles. The standard InChI is InChI=1S/C21H17ClN2O2S/c1-23(12-13-6-4-3-5-7-13)21(26)18-11-16-19(27-18)15-9-8-14(22)10-17(15)24(2)20(16)25/h3-11H,12H2,1-2H3. The molecule has 0 unspecified atom stereocenters. The minimum absolute atomic E-state index is 0.0933. The molecule has 4 aromatic rings. The van der Waals surface area contributed by atoms with Gasteiger partial charge in [-0.25, -0.2) is 0 Å². The molecule has 27 heavy (non-hydrogen) atoms. The number of rotatable bonds is 3. The van der Waals surface area contributed by atoms with Gasteiger partial charge < -0.3 is 9.47 Å². The van der Waals surface area contributed by atoms with Crippen molar-refractivity contribution in [2.24, 2.45) is 7.05 Å². The van der Waals surface area contributed by atoms with E-state index in [-0.39, 0.29) is 11.5 Å². The second-order valence-electron chi connectivity index (χ2n) is 6.53. The average molecular weight is 397 g/mol. The van der Waals surface area contributed by atoms with Crippen molar-refractivity contribution in [1.29, 1.82) is 0 Å². The monoisotopic (exact) mass is 396 g/mol. The minimum Gasteiger partial charge on any atom is -0.337 e. The highest BCUT2D eigenvalue weighted by atomic mass is 35.5. The van der Waals surface area contributed by atoms with E-state index < -0.39 is 0 Å². The van der Waals surface area contributed by atoms with E-state index in [4.69, 9.17) is 11.6 Å². The van der Waals surface area contributed by atoms with Gasteiger partial charge in [0.25, 0.3) is 11.5 Å². The van der Waals surface area contributed by atoms with Gasteiger partial charge in [0, 0.05) is 35.7 Å². The van der Waals surface area contributed by atoms with Gasteiger partial charge in [0.05, 0.1) is 15.8 Å². The number of halogens is 1. The lowest BCUT2D eigenvalue weighted by molar-refractivity contribution is 0.0790. The number of nitrogens with zero attached hydrogens (tertiary/aromatic N) is 2. The molecule has 0 N–H and O–H groups in total. The molecule has 6 heteroatoms. The second-order valence-corrected chi connectivity index (χ2v) is 8.01. The Morgan fingerprint density at radius 1 is 1.11 bits per heavy atom. The van der Waals surface area contributed by atoms with Crippen molar-refractivity contribution in [1.82, 2.24) is 9.47 Å². The van der Waals surface area contributed by atoms with Crippen LogP contribution in [0.25, 0.3) is 21.0 Å². The van der Waals surface area contributed by atoms with Crippen LogP contribution in [-0.2, 0) is 13.6 Å². The number of pyridine rings is 1. The fourth-order valence-electron chi connectivity index (χ4n) is 3.24. The van der Waals surface area contributed by atoms with Crippen LogP contribution in [0.3, 0.4) is 0 Å². The summed E-state index contributed by atoms with van der Waals surface area (Å²) in [6.45, 7) is 0.516. The van der Waals surface area contributed by atoms with E-state index in [0.29, 0.717) is 21.8 Å². The first kappa shape index (κ1) is 17.8. The van der Waals surface area contributed by atoms with Gasteiger partial charge in [-0.2, -0.15) is 0 Å². The Hall–Kier alpha value is -2.63. The van der Waals surface area contributed by atoms with Gasteiger partial charge in [-0.15, -0.1) is 11.3 Å². The van der Waals surface area contributed by atoms with Gasteiger partial charge in [0.2, 0.25) is 0 Å². The molecule has 2 aromatic carbocycles. The molecule has 0 fully saturated rings. The molecular weight excluding hydrogens is 380 g/mol. The predicted molar refractivity (Wildman–Crippen MR) is 112 cm³/mol. The highest BCUT2D eigenvalue weighted by Crippen LogP contribution is 2.32. The van der Waals surface area contributed by atoms with Gasteiger partial charge in [-0.05, 0) is 29.8 Å². The molecule has 0 aliphatic rings. The molecule has 0 radical (unpaired) electrons. The Bertz CT molecular complexity index is 1230. The average Bonchev–Trinajstić information content (AvgIpc) is 3.11. The lowest BCUT2D eigenvalue weighted by atomic mass is 10.1. The van der Waals surface area contributed by atoms with E-state index in [0.717, 1.165) is 21.2 Å². The van der Waals surface area contributed by atoms with Crippen molar-refractivity contribution in [3.05, 3.63) is 80.4 Å². The summed E-state index contributed by atoms with van der Waals surface area (Å²) in [4.78, 5) is 27.9. The number of aryl methyl sites for hydroxylation is 1. The van der Waals surface area contributed by atoms with Crippen molar-refractivity contribution in [2.75, 3.05) is 7.05 Å². The van der Waals surface area contributed by atoms with Crippen molar-refractivity contribution < 1.29 is 4.79 Å². The van der Waals surface area contributed by atoms with E-state index in [1.807, 2.05) is 36.4 Å². The molecule has 2 heterocycles. The zero-order valence-corrected chi connectivity index (χ0v) is 16.5. The maximum absolute atomic E-state index is 12.9. The number of fused-ring (bicyclic) bond motifs is 3. The quantitative estimate of drug-likeness (QED) is 0.504. The van der Waals surface area contributed by atoms with E-state index in [1.165, 1.54) is 11.3 Å². The molecule has 4 rings (SSSR count). The van der Waals surface area contributed by atoms with Crippen LogP contribution in [0.5, 0.6) is 0 Å². The maximum atomic E-state index is 12.9. The third-order valence-corrected chi connectivity index (χ3v) is 6.04. The van der Waals surface area contributed by atoms with Crippen molar-refractivity contribution in [2.45, 2.75) is 6.54 Å². The Kier molecular flexibility index (Phi) is 4.50. The molecule has 1 amide bonds. The van der Waals surface area contributed by atoms with Crippen LogP contribution in [-0.4, -0.2) is 22.4 Å². The third-order valence-electron chi connectivity index (χ3n) is 4.65. The summed E-state index contributed by atoms with van der Waals surface area (Å²) in [5.41, 5.74) is 1.70. The SMILES string of the molecule is CN(Cc1ccccc1)C(=O)c1cc2c(=O)n(C)c3cc(Cl)ccc3c2s1. The van der Waals surface area contributed by atoms with Gasteiger partial charge in [-0.3, -0.25) is 9.59 Å². The van der Waals surface area contributed by atoms with Crippen LogP contribution >= 0.6 is 22.9 Å². The van der Waals surface area contributed by atoms with Crippen LogP contribution < -0.4 is 5.56 Å². The number of amides is 1. The molecule has 0 aliphatic carbocycles. The first-order valence-corrected chi connectivity index (χ1v) is 9.66. The van der Waals surface area contributed by atoms with Crippen LogP contribution in [0.15, 0.2) is 59.4 Å². The third kappa shape index (κ3) is 3.13. The molecular formula is C21H17ClN2O2S. The van der Waals surface area contributed by atoms with Gasteiger partial charge in [0.15, 0.2) is 0 Å². The van der Waals surface area contributed by atoms with Crippen LogP contribution in [0.2, 0.25) is 5.02 Å². The first-order chi connectivity index (χ1) is 13.0. The summed E-state index contributed by atoms with van der Waals surface area (Å²) in [6, 6.07) is 17.0. The largest absolute Gasteiger partial charge is 0.337 e. The Morgan fingerprint density at radius 3 is 2.59 bits per heavy atom. The maximum Gasteiger partial charge on any atom is 0.264 e. The summed E-state index contributed by atoms with van der Waals surface area (Å²) in [6.07, 6.45) is 0. The lowest BCUT2D eigenvalue weighted by Gasteiger charge is -2.16. The normalized spacial score (nSPS) is 11.2. The molecule has 4 nitrogen and oxygen atoms in total. The molecule has 0 spiro atoms. The van der Waals surface area contributed by atoms with Crippen molar-refractivity contribution in [3.63, 3.8) is 0 Å². The topological polar surface area (TPSA) is 42.3 Å². The molecule has 0 atom stereocenters. The fraction of sp³-hybridized carbons (Fsp3) is 0.143.